The Labute approximate surface area is 220 Å². The van der Waals surface area contributed by atoms with Crippen molar-refractivity contribution in [3.05, 3.63) is 88.2 Å². The molecular formula is C31H37N3O3. The molecule has 2 aromatic carbocycles. The Bertz CT molecular complexity index is 1310. The van der Waals surface area contributed by atoms with Gasteiger partial charge in [-0.2, -0.15) is 5.10 Å². The first-order chi connectivity index (χ1) is 17.6. The summed E-state index contributed by atoms with van der Waals surface area (Å²) in [5.41, 5.74) is 7.03. The van der Waals surface area contributed by atoms with Gasteiger partial charge in [0.2, 0.25) is 6.29 Å². The number of nitrogens with zero attached hydrogens (tertiary/aromatic N) is 3. The second-order valence-corrected chi connectivity index (χ2v) is 10.5. The first-order valence-corrected chi connectivity index (χ1v) is 12.9. The van der Waals surface area contributed by atoms with Crippen LogP contribution in [0.1, 0.15) is 68.3 Å². The highest BCUT2D eigenvalue weighted by atomic mass is 16.7. The number of benzene rings is 2. The van der Waals surface area contributed by atoms with Gasteiger partial charge in [-0.3, -0.25) is 14.5 Å². The number of esters is 1. The van der Waals surface area contributed by atoms with E-state index >= 15 is 0 Å². The van der Waals surface area contributed by atoms with Crippen molar-refractivity contribution in [3.63, 3.8) is 0 Å². The van der Waals surface area contributed by atoms with Crippen LogP contribution in [-0.2, 0) is 32.6 Å². The molecule has 0 saturated carbocycles. The fourth-order valence-corrected chi connectivity index (χ4v) is 4.39. The summed E-state index contributed by atoms with van der Waals surface area (Å²) in [4.78, 5) is 17.2. The molecule has 0 spiro atoms. The lowest BCUT2D eigenvalue weighted by molar-refractivity contribution is -0.163. The van der Waals surface area contributed by atoms with Crippen molar-refractivity contribution in [3.8, 4) is 0 Å². The first kappa shape index (κ1) is 26.4. The van der Waals surface area contributed by atoms with Gasteiger partial charge in [-0.25, -0.2) is 0 Å². The summed E-state index contributed by atoms with van der Waals surface area (Å²) in [6, 6.07) is 18.0. The van der Waals surface area contributed by atoms with Gasteiger partial charge in [0.15, 0.2) is 5.76 Å². The Kier molecular flexibility index (Phi) is 7.67. The molecule has 0 bridgehead atoms. The average molecular weight is 500 g/mol. The zero-order valence-corrected chi connectivity index (χ0v) is 22.9. The Morgan fingerprint density at radius 3 is 2.24 bits per heavy atom. The summed E-state index contributed by atoms with van der Waals surface area (Å²) in [6.45, 7) is 15.2. The monoisotopic (exact) mass is 499 g/mol. The lowest BCUT2D eigenvalue weighted by Crippen LogP contribution is -2.21. The van der Waals surface area contributed by atoms with Gasteiger partial charge < -0.3 is 9.47 Å². The van der Waals surface area contributed by atoms with Crippen molar-refractivity contribution in [2.45, 2.75) is 79.2 Å². The summed E-state index contributed by atoms with van der Waals surface area (Å²) in [5.74, 6) is 0.305. The molecular weight excluding hydrogens is 462 g/mol. The van der Waals surface area contributed by atoms with E-state index in [1.807, 2.05) is 55.1 Å². The molecule has 37 heavy (non-hydrogen) atoms. The first-order valence-electron chi connectivity index (χ1n) is 12.9. The van der Waals surface area contributed by atoms with Gasteiger partial charge in [-0.15, -0.1) is 0 Å². The van der Waals surface area contributed by atoms with Crippen molar-refractivity contribution in [1.29, 1.82) is 0 Å². The van der Waals surface area contributed by atoms with Crippen LogP contribution in [0.4, 0.5) is 0 Å². The predicted molar refractivity (Wildman–Crippen MR) is 148 cm³/mol. The number of carbonyl (C=O) groups is 1. The van der Waals surface area contributed by atoms with Gasteiger partial charge in [-0.1, -0.05) is 75.4 Å². The fraction of sp³-hybridized carbons (Fsp3) is 0.387. The molecule has 0 saturated heterocycles. The highest BCUT2D eigenvalue weighted by molar-refractivity contribution is 6.04. The SMILES string of the molecule is CCn1nc(C)c(C)c1/C(OC(C)OC(=O)Cc1ccccc1)=C(/c1ccc(C(C)(C)C)cc1)C1C=N1. The minimum absolute atomic E-state index is 0.0494. The Morgan fingerprint density at radius 2 is 1.68 bits per heavy atom. The second kappa shape index (κ2) is 10.8. The van der Waals surface area contributed by atoms with Crippen LogP contribution < -0.4 is 0 Å². The third-order valence-electron chi connectivity index (χ3n) is 6.61. The lowest BCUT2D eigenvalue weighted by Gasteiger charge is -2.23. The number of aryl methyl sites for hydroxylation is 2. The maximum Gasteiger partial charge on any atom is 0.313 e. The smallest absolute Gasteiger partial charge is 0.313 e. The number of hydrogen-bond acceptors (Lipinski definition) is 5. The zero-order valence-electron chi connectivity index (χ0n) is 22.9. The third kappa shape index (κ3) is 6.19. The number of aliphatic imine (C=N–C) groups is 1. The molecule has 0 amide bonds. The summed E-state index contributed by atoms with van der Waals surface area (Å²) < 4.78 is 14.2. The van der Waals surface area contributed by atoms with Gasteiger partial charge in [0.1, 0.15) is 11.7 Å². The van der Waals surface area contributed by atoms with Crippen LogP contribution >= 0.6 is 0 Å². The molecule has 1 aliphatic heterocycles. The maximum atomic E-state index is 12.7. The third-order valence-corrected chi connectivity index (χ3v) is 6.61. The van der Waals surface area contributed by atoms with Crippen molar-refractivity contribution in [2.24, 2.45) is 4.99 Å². The van der Waals surface area contributed by atoms with Crippen LogP contribution in [0.15, 0.2) is 59.6 Å². The fourth-order valence-electron chi connectivity index (χ4n) is 4.39. The summed E-state index contributed by atoms with van der Waals surface area (Å²) in [5, 5.41) is 4.73. The van der Waals surface area contributed by atoms with E-state index in [4.69, 9.17) is 14.6 Å². The Hall–Kier alpha value is -3.67. The molecule has 0 N–H and O–H groups in total. The summed E-state index contributed by atoms with van der Waals surface area (Å²) >= 11 is 0. The van der Waals surface area contributed by atoms with Gasteiger partial charge in [0.05, 0.1) is 12.1 Å². The second-order valence-electron chi connectivity index (χ2n) is 10.5. The minimum atomic E-state index is -0.797. The summed E-state index contributed by atoms with van der Waals surface area (Å²) in [7, 11) is 0. The molecule has 6 nitrogen and oxygen atoms in total. The van der Waals surface area contributed by atoms with Crippen molar-refractivity contribution >= 4 is 23.5 Å². The van der Waals surface area contributed by atoms with Gasteiger partial charge in [0, 0.05) is 30.8 Å². The summed E-state index contributed by atoms with van der Waals surface area (Å²) in [6.07, 6.45) is 1.30. The van der Waals surface area contributed by atoms with E-state index in [1.165, 1.54) is 5.56 Å². The molecule has 1 aromatic heterocycles. The van der Waals surface area contributed by atoms with E-state index in [0.29, 0.717) is 12.3 Å². The molecule has 2 heterocycles. The molecule has 2 atom stereocenters. The molecule has 0 fully saturated rings. The normalized spacial score (nSPS) is 16.2. The van der Waals surface area contributed by atoms with Crippen molar-refractivity contribution in [2.75, 3.05) is 0 Å². The van der Waals surface area contributed by atoms with E-state index in [9.17, 15) is 4.79 Å². The zero-order chi connectivity index (χ0) is 26.7. The van der Waals surface area contributed by atoms with Crippen LogP contribution in [0.25, 0.3) is 11.3 Å². The quantitative estimate of drug-likeness (QED) is 0.197. The highest BCUT2D eigenvalue weighted by Gasteiger charge is 2.31. The number of carbonyl (C=O) groups excluding carboxylic acids is 1. The van der Waals surface area contributed by atoms with Crippen molar-refractivity contribution in [1.82, 2.24) is 9.78 Å². The molecule has 0 aliphatic carbocycles. The number of hydrogen-bond donors (Lipinski definition) is 0. The van der Waals surface area contributed by atoms with Crippen LogP contribution in [0.2, 0.25) is 0 Å². The molecule has 4 rings (SSSR count). The van der Waals surface area contributed by atoms with Gasteiger partial charge in [-0.05, 0) is 42.9 Å². The van der Waals surface area contributed by atoms with Crippen LogP contribution in [0, 0.1) is 13.8 Å². The topological polar surface area (TPSA) is 65.7 Å². The molecule has 3 aromatic rings. The number of ether oxygens (including phenoxy) is 2. The molecule has 2 unspecified atom stereocenters. The Morgan fingerprint density at radius 1 is 1.03 bits per heavy atom. The molecule has 6 heteroatoms. The molecule has 0 radical (unpaired) electrons. The Balaban J connectivity index is 1.73. The van der Waals surface area contributed by atoms with Crippen LogP contribution in [0.5, 0.6) is 0 Å². The van der Waals surface area contributed by atoms with Crippen LogP contribution in [-0.4, -0.2) is 34.3 Å². The molecule has 194 valence electrons. The largest absolute Gasteiger partial charge is 0.452 e. The van der Waals surface area contributed by atoms with Crippen LogP contribution in [0.3, 0.4) is 0 Å². The predicted octanol–water partition coefficient (Wildman–Crippen LogP) is 6.29. The maximum absolute atomic E-state index is 12.7. The highest BCUT2D eigenvalue weighted by Crippen LogP contribution is 2.38. The van der Waals surface area contributed by atoms with E-state index in [-0.39, 0.29) is 23.8 Å². The van der Waals surface area contributed by atoms with E-state index in [1.54, 1.807) is 6.92 Å². The number of rotatable bonds is 9. The lowest BCUT2D eigenvalue weighted by atomic mass is 9.85. The standard InChI is InChI=1S/C31H37N3O3/c1-8-34-29(20(2)21(3)33-34)30(37-22(4)36-27(35)18-23-12-10-9-11-13-23)28(26-19-32-26)24-14-16-25(17-15-24)31(5,6)7/h9-17,19,22,26H,8,18H2,1-7H3/b30-28+. The minimum Gasteiger partial charge on any atom is -0.452 e. The van der Waals surface area contributed by atoms with Gasteiger partial charge in [0.25, 0.3) is 0 Å². The average Bonchev–Trinajstić information content (AvgIpc) is 3.64. The van der Waals surface area contributed by atoms with Gasteiger partial charge >= 0.3 is 5.97 Å². The van der Waals surface area contributed by atoms with E-state index in [2.05, 4.69) is 57.0 Å². The van der Waals surface area contributed by atoms with E-state index in [0.717, 1.165) is 33.7 Å². The van der Waals surface area contributed by atoms with Crippen molar-refractivity contribution < 1.29 is 14.3 Å². The van der Waals surface area contributed by atoms with E-state index < -0.39 is 6.29 Å². The number of aromatic nitrogens is 2. The molecule has 1 aliphatic rings.